The van der Waals surface area contributed by atoms with E-state index in [1.165, 1.54) is 29.2 Å². The predicted molar refractivity (Wildman–Crippen MR) is 105 cm³/mol. The quantitative estimate of drug-likeness (QED) is 0.785. The van der Waals surface area contributed by atoms with Crippen molar-refractivity contribution in [2.75, 3.05) is 13.2 Å². The molecule has 2 amide bonds. The molecular weight excluding hydrogens is 397 g/mol. The van der Waals surface area contributed by atoms with Gasteiger partial charge in [-0.25, -0.2) is 4.39 Å². The lowest BCUT2D eigenvalue weighted by Gasteiger charge is -2.25. The zero-order valence-corrected chi connectivity index (χ0v) is 16.2. The van der Waals surface area contributed by atoms with Crippen LogP contribution in [0.25, 0.3) is 0 Å². The van der Waals surface area contributed by atoms with Crippen LogP contribution in [0.4, 0.5) is 4.39 Å². The van der Waals surface area contributed by atoms with Crippen molar-refractivity contribution < 1.29 is 18.7 Å². The van der Waals surface area contributed by atoms with Crippen LogP contribution in [0, 0.1) is 17.1 Å². The first-order chi connectivity index (χ1) is 14.0. The molecule has 1 saturated heterocycles. The normalized spacial score (nSPS) is 16.7. The van der Waals surface area contributed by atoms with E-state index in [4.69, 9.17) is 16.3 Å². The number of likely N-dealkylation sites (tertiary alicyclic amines) is 1. The summed E-state index contributed by atoms with van der Waals surface area (Å²) in [5, 5.41) is 12.6. The van der Waals surface area contributed by atoms with Crippen molar-refractivity contribution in [2.24, 2.45) is 0 Å². The maximum Gasteiger partial charge on any atom is 0.261 e. The molecule has 1 aliphatic rings. The first-order valence-corrected chi connectivity index (χ1v) is 9.49. The largest absolute Gasteiger partial charge is 0.484 e. The number of halogens is 2. The number of nitriles is 1. The molecule has 1 N–H and O–H groups in total. The minimum Gasteiger partial charge on any atom is -0.484 e. The molecule has 0 saturated carbocycles. The maximum atomic E-state index is 12.9. The van der Waals surface area contributed by atoms with Gasteiger partial charge in [-0.05, 0) is 54.8 Å². The van der Waals surface area contributed by atoms with Gasteiger partial charge in [0, 0.05) is 11.6 Å². The highest BCUT2D eigenvalue weighted by atomic mass is 35.5. The molecule has 1 aliphatic heterocycles. The molecule has 0 bridgehead atoms. The Morgan fingerprint density at radius 2 is 2.07 bits per heavy atom. The molecule has 8 heteroatoms. The number of carbonyl (C=O) groups excluding carboxylic acids is 2. The van der Waals surface area contributed by atoms with Gasteiger partial charge in [0.2, 0.25) is 5.91 Å². The first-order valence-electron chi connectivity index (χ1n) is 9.11. The number of amides is 2. The summed E-state index contributed by atoms with van der Waals surface area (Å²) >= 11 is 5.96. The summed E-state index contributed by atoms with van der Waals surface area (Å²) in [6.45, 7) is 0.170. The molecule has 0 spiro atoms. The van der Waals surface area contributed by atoms with E-state index >= 15 is 0 Å². The summed E-state index contributed by atoms with van der Waals surface area (Å²) in [5.41, 5.74) is 0.573. The number of hydrogen-bond donors (Lipinski definition) is 1. The number of hydrogen-bond acceptors (Lipinski definition) is 4. The summed E-state index contributed by atoms with van der Waals surface area (Å²) in [6, 6.07) is 12.5. The molecule has 2 atom stereocenters. The zero-order valence-electron chi connectivity index (χ0n) is 15.5. The summed E-state index contributed by atoms with van der Waals surface area (Å²) in [6.07, 6.45) is 1.18. The van der Waals surface area contributed by atoms with Gasteiger partial charge < -0.3 is 15.0 Å². The molecule has 1 fully saturated rings. The third kappa shape index (κ3) is 5.24. The molecule has 0 aliphatic carbocycles. The fourth-order valence-corrected chi connectivity index (χ4v) is 3.41. The average Bonchev–Trinajstić information content (AvgIpc) is 3.21. The number of nitrogens with zero attached hydrogens (tertiary/aromatic N) is 2. The van der Waals surface area contributed by atoms with Crippen molar-refractivity contribution >= 4 is 23.4 Å². The lowest BCUT2D eigenvalue weighted by Crippen LogP contribution is -2.48. The van der Waals surface area contributed by atoms with Gasteiger partial charge >= 0.3 is 0 Å². The standard InChI is InChI=1S/C21H19ClFN3O3/c22-15-4-1-3-14(11-15)18(12-24)25-21(28)19-5-2-10-26(19)20(27)13-29-17-8-6-16(23)7-9-17/h1,3-4,6-9,11,18-19H,2,5,10,13H2,(H,25,28)/t18?,19-/m0/s1. The fourth-order valence-electron chi connectivity index (χ4n) is 3.21. The van der Waals surface area contributed by atoms with Crippen LogP contribution in [-0.2, 0) is 9.59 Å². The van der Waals surface area contributed by atoms with Crippen molar-refractivity contribution in [3.63, 3.8) is 0 Å². The Bertz CT molecular complexity index is 930. The summed E-state index contributed by atoms with van der Waals surface area (Å²) < 4.78 is 18.3. The van der Waals surface area contributed by atoms with E-state index < -0.39 is 23.8 Å². The van der Waals surface area contributed by atoms with E-state index in [-0.39, 0.29) is 12.5 Å². The van der Waals surface area contributed by atoms with Gasteiger partial charge in [-0.3, -0.25) is 9.59 Å². The monoisotopic (exact) mass is 415 g/mol. The van der Waals surface area contributed by atoms with E-state index in [0.29, 0.717) is 35.7 Å². The van der Waals surface area contributed by atoms with Crippen molar-refractivity contribution in [3.8, 4) is 11.8 Å². The van der Waals surface area contributed by atoms with Crippen molar-refractivity contribution in [1.82, 2.24) is 10.2 Å². The Morgan fingerprint density at radius 1 is 1.31 bits per heavy atom. The summed E-state index contributed by atoms with van der Waals surface area (Å²) in [7, 11) is 0. The highest BCUT2D eigenvalue weighted by Gasteiger charge is 2.35. The van der Waals surface area contributed by atoms with Crippen LogP contribution in [0.1, 0.15) is 24.4 Å². The second-order valence-corrected chi connectivity index (χ2v) is 7.05. The van der Waals surface area contributed by atoms with Gasteiger partial charge in [-0.1, -0.05) is 23.7 Å². The minimum atomic E-state index is -0.866. The van der Waals surface area contributed by atoms with E-state index in [9.17, 15) is 19.2 Å². The van der Waals surface area contributed by atoms with E-state index in [1.54, 1.807) is 24.3 Å². The third-order valence-corrected chi connectivity index (χ3v) is 4.88. The third-order valence-electron chi connectivity index (χ3n) is 4.65. The average molecular weight is 416 g/mol. The van der Waals surface area contributed by atoms with Crippen LogP contribution >= 0.6 is 11.6 Å². The Morgan fingerprint density at radius 3 is 2.76 bits per heavy atom. The van der Waals surface area contributed by atoms with Gasteiger partial charge in [0.05, 0.1) is 6.07 Å². The molecule has 150 valence electrons. The topological polar surface area (TPSA) is 82.4 Å². The molecule has 6 nitrogen and oxygen atoms in total. The van der Waals surface area contributed by atoms with Gasteiger partial charge in [-0.15, -0.1) is 0 Å². The lowest BCUT2D eigenvalue weighted by molar-refractivity contribution is -0.140. The Labute approximate surface area is 172 Å². The number of ether oxygens (including phenoxy) is 1. The number of nitrogens with one attached hydrogen (secondary N) is 1. The van der Waals surface area contributed by atoms with Crippen molar-refractivity contribution in [3.05, 3.63) is 64.9 Å². The summed E-state index contributed by atoms with van der Waals surface area (Å²) in [4.78, 5) is 26.7. The number of carbonyl (C=O) groups is 2. The highest BCUT2D eigenvalue weighted by Crippen LogP contribution is 2.21. The molecule has 1 heterocycles. The van der Waals surface area contributed by atoms with E-state index in [2.05, 4.69) is 5.32 Å². The molecule has 0 radical (unpaired) electrons. The Kier molecular flexibility index (Phi) is 6.68. The van der Waals surface area contributed by atoms with Gasteiger partial charge in [-0.2, -0.15) is 5.26 Å². The molecule has 2 aromatic carbocycles. The zero-order chi connectivity index (χ0) is 20.8. The van der Waals surface area contributed by atoms with Crippen molar-refractivity contribution in [1.29, 1.82) is 5.26 Å². The Hall–Kier alpha value is -3.11. The number of benzene rings is 2. The van der Waals surface area contributed by atoms with Crippen LogP contribution in [0.5, 0.6) is 5.75 Å². The molecule has 2 aromatic rings. The van der Waals surface area contributed by atoms with Crippen LogP contribution in [-0.4, -0.2) is 35.9 Å². The number of rotatable bonds is 6. The van der Waals surface area contributed by atoms with Crippen LogP contribution in [0.2, 0.25) is 5.02 Å². The van der Waals surface area contributed by atoms with Crippen molar-refractivity contribution in [2.45, 2.75) is 24.9 Å². The van der Waals surface area contributed by atoms with Gasteiger partial charge in [0.1, 0.15) is 23.7 Å². The molecule has 0 aromatic heterocycles. The second kappa shape index (κ2) is 9.39. The smallest absolute Gasteiger partial charge is 0.261 e. The van der Waals surface area contributed by atoms with Gasteiger partial charge in [0.15, 0.2) is 6.61 Å². The molecule has 29 heavy (non-hydrogen) atoms. The molecular formula is C21H19ClFN3O3. The SMILES string of the molecule is N#CC(NC(=O)[C@@H]1CCCN1C(=O)COc1ccc(F)cc1)c1cccc(Cl)c1. The van der Waals surface area contributed by atoms with E-state index in [0.717, 1.165) is 0 Å². The lowest BCUT2D eigenvalue weighted by atomic mass is 10.1. The second-order valence-electron chi connectivity index (χ2n) is 6.61. The maximum absolute atomic E-state index is 12.9. The molecule has 3 rings (SSSR count). The highest BCUT2D eigenvalue weighted by molar-refractivity contribution is 6.30. The summed E-state index contributed by atoms with van der Waals surface area (Å²) in [5.74, 6) is -0.774. The Balaban J connectivity index is 1.61. The van der Waals surface area contributed by atoms with E-state index in [1.807, 2.05) is 6.07 Å². The fraction of sp³-hybridized carbons (Fsp3) is 0.286. The van der Waals surface area contributed by atoms with Gasteiger partial charge in [0.25, 0.3) is 5.91 Å². The van der Waals surface area contributed by atoms with Crippen LogP contribution in [0.15, 0.2) is 48.5 Å². The van der Waals surface area contributed by atoms with Crippen LogP contribution in [0.3, 0.4) is 0 Å². The first kappa shape index (κ1) is 20.6. The van der Waals surface area contributed by atoms with Crippen LogP contribution < -0.4 is 10.1 Å². The molecule has 1 unspecified atom stereocenters. The minimum absolute atomic E-state index is 0.259. The predicted octanol–water partition coefficient (Wildman–Crippen LogP) is 3.23.